The smallest absolute Gasteiger partial charge is 0.253 e. The van der Waals surface area contributed by atoms with Crippen LogP contribution in [0.25, 0.3) is 16.9 Å². The second kappa shape index (κ2) is 9.23. The molecule has 0 spiro atoms. The Hall–Kier alpha value is -3.39. The molecule has 164 valence electrons. The number of rotatable bonds is 5. The first kappa shape index (κ1) is 21.5. The highest BCUT2D eigenvalue weighted by atomic mass is 35.5. The average molecular weight is 457 g/mol. The van der Waals surface area contributed by atoms with Gasteiger partial charge in [0.05, 0.1) is 5.69 Å². The Bertz CT molecular complexity index is 1290. The summed E-state index contributed by atoms with van der Waals surface area (Å²) in [6.45, 7) is 2.16. The van der Waals surface area contributed by atoms with Gasteiger partial charge < -0.3 is 10.2 Å². The van der Waals surface area contributed by atoms with Crippen LogP contribution < -0.4 is 10.8 Å². The number of halogens is 1. The maximum absolute atomic E-state index is 12.9. The zero-order valence-corrected chi connectivity index (χ0v) is 18.7. The quantitative estimate of drug-likeness (QED) is 0.467. The molecule has 4 heterocycles. The number of carbonyl (C=O) groups excluding carboxylic acids is 1. The van der Waals surface area contributed by atoms with Gasteiger partial charge in [0.1, 0.15) is 13.7 Å². The third-order valence-electron chi connectivity index (χ3n) is 5.95. The van der Waals surface area contributed by atoms with Crippen LogP contribution in [-0.4, -0.2) is 57.9 Å². The predicted octanol–water partition coefficient (Wildman–Crippen LogP) is 3.20. The Kier molecular flexibility index (Phi) is 6.00. The van der Waals surface area contributed by atoms with Crippen LogP contribution in [0.1, 0.15) is 23.2 Å². The van der Waals surface area contributed by atoms with Gasteiger partial charge in [0.25, 0.3) is 5.91 Å². The first-order valence-corrected chi connectivity index (χ1v) is 11.3. The summed E-state index contributed by atoms with van der Waals surface area (Å²) in [4.78, 5) is 23.5. The average Bonchev–Trinajstić information content (AvgIpc) is 3.24. The fourth-order valence-electron chi connectivity index (χ4n) is 4.25. The molecule has 0 bridgehead atoms. The van der Waals surface area contributed by atoms with Gasteiger partial charge in [-0.05, 0) is 42.4 Å². The van der Waals surface area contributed by atoms with Crippen molar-refractivity contribution in [3.05, 3.63) is 71.6 Å². The minimum absolute atomic E-state index is 0.0502. The van der Waals surface area contributed by atoms with Crippen LogP contribution in [0.5, 0.6) is 0 Å². The van der Waals surface area contributed by atoms with Gasteiger partial charge in [-0.1, -0.05) is 29.8 Å². The van der Waals surface area contributed by atoms with Gasteiger partial charge in [-0.2, -0.15) is 9.61 Å². The van der Waals surface area contributed by atoms with Crippen LogP contribution in [0.3, 0.4) is 0 Å². The zero-order chi connectivity index (χ0) is 22.8. The van der Waals surface area contributed by atoms with Crippen molar-refractivity contribution in [2.24, 2.45) is 5.92 Å². The van der Waals surface area contributed by atoms with E-state index in [0.29, 0.717) is 40.7 Å². The van der Waals surface area contributed by atoms with E-state index in [-0.39, 0.29) is 5.91 Å². The molecular formula is C24H22BClN6O. The third-order valence-corrected chi connectivity index (χ3v) is 6.28. The van der Waals surface area contributed by atoms with Gasteiger partial charge >= 0.3 is 0 Å². The van der Waals surface area contributed by atoms with Crippen molar-refractivity contribution >= 4 is 42.3 Å². The van der Waals surface area contributed by atoms with E-state index in [0.717, 1.165) is 36.5 Å². The molecule has 4 aromatic rings. The van der Waals surface area contributed by atoms with Crippen molar-refractivity contribution in [2.45, 2.75) is 12.8 Å². The summed E-state index contributed by atoms with van der Waals surface area (Å²) in [6, 6.07) is 13.0. The molecule has 1 aromatic carbocycles. The summed E-state index contributed by atoms with van der Waals surface area (Å²) in [5, 5.41) is 8.52. The van der Waals surface area contributed by atoms with Crippen LogP contribution in [0.15, 0.2) is 61.1 Å². The Balaban J connectivity index is 1.36. The SMILES string of the molecule is [B]c1cnn2c(NCC3CCCN(C(=O)c4ccncc4)C3)cc(-c3ccccc3Cl)nc12. The van der Waals surface area contributed by atoms with E-state index >= 15 is 0 Å². The van der Waals surface area contributed by atoms with Crippen LogP contribution >= 0.6 is 11.6 Å². The number of nitrogens with zero attached hydrogens (tertiary/aromatic N) is 5. The van der Waals surface area contributed by atoms with Crippen molar-refractivity contribution in [1.82, 2.24) is 24.5 Å². The van der Waals surface area contributed by atoms with E-state index in [1.807, 2.05) is 35.2 Å². The molecule has 1 atom stereocenters. The summed E-state index contributed by atoms with van der Waals surface area (Å²) >= 11 is 6.42. The molecule has 3 aromatic heterocycles. The number of benzene rings is 1. The topological polar surface area (TPSA) is 75.4 Å². The molecule has 9 heteroatoms. The first-order chi connectivity index (χ1) is 16.1. The standard InChI is InChI=1S/C24H22BClN6O/c25-19-14-29-32-22(12-21(30-23(19)32)18-5-1-2-6-20(18)26)28-13-16-4-3-11-31(15-16)24(33)17-7-9-27-10-8-17/h1-2,5-10,12,14,16,28H,3-4,11,13,15H2. The highest BCUT2D eigenvalue weighted by Crippen LogP contribution is 2.28. The van der Waals surface area contributed by atoms with E-state index in [4.69, 9.17) is 19.4 Å². The van der Waals surface area contributed by atoms with E-state index < -0.39 is 0 Å². The number of nitrogens with one attached hydrogen (secondary N) is 1. The zero-order valence-electron chi connectivity index (χ0n) is 18.0. The molecule has 0 saturated carbocycles. The maximum Gasteiger partial charge on any atom is 0.253 e. The summed E-state index contributed by atoms with van der Waals surface area (Å²) in [5.41, 5.74) is 3.30. The normalized spacial score (nSPS) is 16.2. The number of aromatic nitrogens is 4. The van der Waals surface area contributed by atoms with Crippen molar-refractivity contribution in [3.63, 3.8) is 0 Å². The van der Waals surface area contributed by atoms with Crippen LogP contribution in [0.4, 0.5) is 5.82 Å². The molecule has 33 heavy (non-hydrogen) atoms. The summed E-state index contributed by atoms with van der Waals surface area (Å²) in [5.74, 6) is 1.14. The first-order valence-electron chi connectivity index (χ1n) is 10.9. The molecule has 1 unspecified atom stereocenters. The summed E-state index contributed by atoms with van der Waals surface area (Å²) in [6.07, 6.45) is 6.91. The Labute approximate surface area is 198 Å². The molecule has 2 radical (unpaired) electrons. The van der Waals surface area contributed by atoms with Crippen molar-refractivity contribution in [1.29, 1.82) is 0 Å². The molecule has 5 rings (SSSR count). The van der Waals surface area contributed by atoms with E-state index in [9.17, 15) is 4.79 Å². The van der Waals surface area contributed by atoms with Gasteiger partial charge in [-0.15, -0.1) is 0 Å². The molecule has 0 aliphatic carbocycles. The predicted molar refractivity (Wildman–Crippen MR) is 130 cm³/mol. The van der Waals surface area contributed by atoms with E-state index in [1.54, 1.807) is 35.2 Å². The fourth-order valence-corrected chi connectivity index (χ4v) is 4.49. The number of piperidine rings is 1. The number of pyridine rings is 1. The number of carbonyl (C=O) groups is 1. The second-order valence-corrected chi connectivity index (χ2v) is 8.63. The minimum atomic E-state index is 0.0502. The van der Waals surface area contributed by atoms with Gasteiger partial charge in [0, 0.05) is 60.4 Å². The lowest BCUT2D eigenvalue weighted by atomic mass is 9.97. The molecule has 1 aliphatic rings. The van der Waals surface area contributed by atoms with Crippen LogP contribution in [0, 0.1) is 5.92 Å². The van der Waals surface area contributed by atoms with E-state index in [1.165, 1.54) is 0 Å². The molecule has 1 aliphatic heterocycles. The monoisotopic (exact) mass is 456 g/mol. The van der Waals surface area contributed by atoms with Crippen molar-refractivity contribution < 1.29 is 4.79 Å². The summed E-state index contributed by atoms with van der Waals surface area (Å²) in [7, 11) is 6.12. The van der Waals surface area contributed by atoms with Gasteiger partial charge in [0.15, 0.2) is 5.65 Å². The molecule has 1 saturated heterocycles. The molecular weight excluding hydrogens is 435 g/mol. The van der Waals surface area contributed by atoms with Crippen molar-refractivity contribution in [2.75, 3.05) is 25.0 Å². The number of fused-ring (bicyclic) bond motifs is 1. The van der Waals surface area contributed by atoms with E-state index in [2.05, 4.69) is 20.4 Å². The molecule has 1 fully saturated rings. The Morgan fingerprint density at radius 2 is 2.03 bits per heavy atom. The number of amides is 1. The Morgan fingerprint density at radius 3 is 2.85 bits per heavy atom. The lowest BCUT2D eigenvalue weighted by molar-refractivity contribution is 0.0680. The van der Waals surface area contributed by atoms with Crippen LogP contribution in [0.2, 0.25) is 5.02 Å². The lowest BCUT2D eigenvalue weighted by Gasteiger charge is -2.33. The summed E-state index contributed by atoms with van der Waals surface area (Å²) < 4.78 is 1.71. The molecule has 7 nitrogen and oxygen atoms in total. The minimum Gasteiger partial charge on any atom is -0.370 e. The largest absolute Gasteiger partial charge is 0.370 e. The maximum atomic E-state index is 12.9. The Morgan fingerprint density at radius 1 is 1.21 bits per heavy atom. The number of likely N-dealkylation sites (tertiary alicyclic amines) is 1. The van der Waals surface area contributed by atoms with Crippen molar-refractivity contribution in [3.8, 4) is 11.3 Å². The highest BCUT2D eigenvalue weighted by molar-refractivity contribution is 6.36. The number of hydrogen-bond donors (Lipinski definition) is 1. The molecule has 1 amide bonds. The number of anilines is 1. The number of hydrogen-bond acceptors (Lipinski definition) is 5. The molecule has 1 N–H and O–H groups in total. The third kappa shape index (κ3) is 4.43. The van der Waals surface area contributed by atoms with Gasteiger partial charge in [-0.25, -0.2) is 4.98 Å². The van der Waals surface area contributed by atoms with Gasteiger partial charge in [-0.3, -0.25) is 9.78 Å². The van der Waals surface area contributed by atoms with Gasteiger partial charge in [0.2, 0.25) is 0 Å². The lowest BCUT2D eigenvalue weighted by Crippen LogP contribution is -2.41. The van der Waals surface area contributed by atoms with Crippen LogP contribution in [-0.2, 0) is 0 Å². The fraction of sp³-hybridized carbons (Fsp3) is 0.250. The highest BCUT2D eigenvalue weighted by Gasteiger charge is 2.25. The second-order valence-electron chi connectivity index (χ2n) is 8.22.